The molecule has 23 heavy (non-hydrogen) atoms. The van der Waals surface area contributed by atoms with Crippen molar-refractivity contribution in [3.63, 3.8) is 0 Å². The SMILES string of the molecule is C#CCCC1(CCNC(=O)CCc2ccccc2C(=O)O)N=N1. The summed E-state index contributed by atoms with van der Waals surface area (Å²) in [6.45, 7) is 0.483. The number of nitrogens with zero attached hydrogens (tertiary/aromatic N) is 2. The normalized spacial score (nSPS) is 14.0. The quantitative estimate of drug-likeness (QED) is 0.686. The van der Waals surface area contributed by atoms with Crippen LogP contribution in [0.1, 0.15) is 41.6 Å². The topological polar surface area (TPSA) is 91.1 Å². The molecule has 1 aromatic carbocycles. The van der Waals surface area contributed by atoms with Crippen LogP contribution in [-0.4, -0.2) is 29.2 Å². The lowest BCUT2D eigenvalue weighted by Crippen LogP contribution is -2.28. The van der Waals surface area contributed by atoms with E-state index in [0.717, 1.165) is 0 Å². The molecule has 0 fully saturated rings. The Labute approximate surface area is 135 Å². The maximum absolute atomic E-state index is 11.9. The minimum atomic E-state index is -0.978. The summed E-state index contributed by atoms with van der Waals surface area (Å²) in [6.07, 6.45) is 7.84. The smallest absolute Gasteiger partial charge is 0.335 e. The first-order valence-corrected chi connectivity index (χ1v) is 7.52. The molecule has 1 aliphatic heterocycles. The zero-order valence-electron chi connectivity index (χ0n) is 12.8. The fourth-order valence-electron chi connectivity index (χ4n) is 2.35. The molecular weight excluding hydrogens is 294 g/mol. The van der Waals surface area contributed by atoms with Crippen molar-refractivity contribution >= 4 is 11.9 Å². The molecule has 0 atom stereocenters. The van der Waals surface area contributed by atoms with Gasteiger partial charge in [-0.2, -0.15) is 10.2 Å². The van der Waals surface area contributed by atoms with E-state index in [2.05, 4.69) is 21.5 Å². The summed E-state index contributed by atoms with van der Waals surface area (Å²) in [5.74, 6) is 1.47. The van der Waals surface area contributed by atoms with Crippen molar-refractivity contribution in [3.8, 4) is 12.3 Å². The van der Waals surface area contributed by atoms with Crippen LogP contribution in [0.15, 0.2) is 34.5 Å². The fraction of sp³-hybridized carbons (Fsp3) is 0.412. The van der Waals surface area contributed by atoms with E-state index in [4.69, 9.17) is 11.5 Å². The standard InChI is InChI=1S/C17H19N3O3/c1-2-3-10-17(19-20-17)11-12-18-15(21)9-8-13-6-4-5-7-14(13)16(22)23/h1,4-7H,3,8-12H2,(H,18,21)(H,22,23). The average molecular weight is 313 g/mol. The van der Waals surface area contributed by atoms with E-state index in [1.165, 1.54) is 0 Å². The van der Waals surface area contributed by atoms with Crippen LogP contribution in [0.2, 0.25) is 0 Å². The van der Waals surface area contributed by atoms with Crippen LogP contribution in [-0.2, 0) is 11.2 Å². The number of nitrogens with one attached hydrogen (secondary N) is 1. The Balaban J connectivity index is 1.72. The third kappa shape index (κ3) is 4.92. The molecule has 0 saturated carbocycles. The Morgan fingerprint density at radius 1 is 1.26 bits per heavy atom. The van der Waals surface area contributed by atoms with Crippen molar-refractivity contribution in [2.75, 3.05) is 6.54 Å². The molecule has 2 rings (SSSR count). The molecule has 120 valence electrons. The Morgan fingerprint density at radius 3 is 2.65 bits per heavy atom. The van der Waals surface area contributed by atoms with Crippen LogP contribution < -0.4 is 5.32 Å². The number of amides is 1. The molecule has 1 aliphatic rings. The number of aryl methyl sites for hydroxylation is 1. The largest absolute Gasteiger partial charge is 0.478 e. The molecule has 1 amide bonds. The van der Waals surface area contributed by atoms with Gasteiger partial charge in [0.2, 0.25) is 5.91 Å². The van der Waals surface area contributed by atoms with Gasteiger partial charge >= 0.3 is 5.97 Å². The van der Waals surface area contributed by atoms with Gasteiger partial charge in [-0.1, -0.05) is 18.2 Å². The lowest BCUT2D eigenvalue weighted by atomic mass is 10.0. The minimum Gasteiger partial charge on any atom is -0.478 e. The van der Waals surface area contributed by atoms with E-state index in [0.29, 0.717) is 37.8 Å². The van der Waals surface area contributed by atoms with Crippen molar-refractivity contribution < 1.29 is 14.7 Å². The predicted octanol–water partition coefficient (Wildman–Crippen LogP) is 2.40. The van der Waals surface area contributed by atoms with Crippen molar-refractivity contribution in [2.45, 2.75) is 37.8 Å². The first-order valence-electron chi connectivity index (χ1n) is 7.52. The number of carbonyl (C=O) groups is 2. The van der Waals surface area contributed by atoms with Gasteiger partial charge in [-0.25, -0.2) is 4.79 Å². The molecule has 6 heteroatoms. The van der Waals surface area contributed by atoms with E-state index >= 15 is 0 Å². The zero-order valence-corrected chi connectivity index (χ0v) is 12.8. The van der Waals surface area contributed by atoms with Crippen LogP contribution in [0, 0.1) is 12.3 Å². The van der Waals surface area contributed by atoms with E-state index < -0.39 is 11.6 Å². The number of benzene rings is 1. The number of aromatic carboxylic acids is 1. The molecular formula is C17H19N3O3. The van der Waals surface area contributed by atoms with E-state index in [-0.39, 0.29) is 17.9 Å². The highest BCUT2D eigenvalue weighted by atomic mass is 16.4. The summed E-state index contributed by atoms with van der Waals surface area (Å²) in [4.78, 5) is 23.0. The Morgan fingerprint density at radius 2 is 2.00 bits per heavy atom. The fourth-order valence-corrected chi connectivity index (χ4v) is 2.35. The van der Waals surface area contributed by atoms with Gasteiger partial charge in [-0.3, -0.25) is 4.79 Å². The van der Waals surface area contributed by atoms with Crippen molar-refractivity contribution in [2.24, 2.45) is 10.2 Å². The first kappa shape index (κ1) is 16.7. The first-order chi connectivity index (χ1) is 11.1. The molecule has 6 nitrogen and oxygen atoms in total. The van der Waals surface area contributed by atoms with E-state index in [1.807, 2.05) is 0 Å². The summed E-state index contributed by atoms with van der Waals surface area (Å²) in [5.41, 5.74) is 0.507. The molecule has 1 aromatic rings. The molecule has 0 spiro atoms. The number of carbonyl (C=O) groups excluding carboxylic acids is 1. The highest BCUT2D eigenvalue weighted by Crippen LogP contribution is 2.35. The number of rotatable bonds is 9. The van der Waals surface area contributed by atoms with Gasteiger partial charge in [-0.05, 0) is 18.1 Å². The third-order valence-electron chi connectivity index (χ3n) is 3.77. The third-order valence-corrected chi connectivity index (χ3v) is 3.77. The number of carboxylic acid groups (broad SMARTS) is 1. The van der Waals surface area contributed by atoms with Gasteiger partial charge < -0.3 is 10.4 Å². The number of hydrogen-bond acceptors (Lipinski definition) is 4. The van der Waals surface area contributed by atoms with E-state index in [9.17, 15) is 9.59 Å². The van der Waals surface area contributed by atoms with Crippen molar-refractivity contribution in [3.05, 3.63) is 35.4 Å². The molecule has 2 N–H and O–H groups in total. The number of terminal acetylenes is 1. The Kier molecular flexibility index (Phi) is 5.47. The lowest BCUT2D eigenvalue weighted by Gasteiger charge is -2.10. The van der Waals surface area contributed by atoms with Crippen LogP contribution >= 0.6 is 0 Å². The highest BCUT2D eigenvalue weighted by molar-refractivity contribution is 5.89. The lowest BCUT2D eigenvalue weighted by molar-refractivity contribution is -0.121. The Bertz CT molecular complexity index is 655. The second-order valence-corrected chi connectivity index (χ2v) is 5.45. The van der Waals surface area contributed by atoms with Gasteiger partial charge in [0.05, 0.1) is 5.56 Å². The maximum atomic E-state index is 11.9. The summed E-state index contributed by atoms with van der Waals surface area (Å²) in [6, 6.07) is 6.71. The van der Waals surface area contributed by atoms with Crippen LogP contribution in [0.25, 0.3) is 0 Å². The predicted molar refractivity (Wildman–Crippen MR) is 85.0 cm³/mol. The van der Waals surface area contributed by atoms with Crippen molar-refractivity contribution in [1.29, 1.82) is 0 Å². The molecule has 0 saturated heterocycles. The van der Waals surface area contributed by atoms with Gasteiger partial charge in [0.1, 0.15) is 0 Å². The summed E-state index contributed by atoms with van der Waals surface area (Å²) in [5, 5.41) is 19.9. The number of carboxylic acids is 1. The molecule has 0 aromatic heterocycles. The average Bonchev–Trinajstić information content (AvgIpc) is 3.31. The van der Waals surface area contributed by atoms with Gasteiger partial charge in [-0.15, -0.1) is 12.3 Å². The number of hydrogen-bond donors (Lipinski definition) is 2. The molecule has 0 aliphatic carbocycles. The van der Waals surface area contributed by atoms with Gasteiger partial charge in [0.15, 0.2) is 5.66 Å². The molecule has 0 radical (unpaired) electrons. The van der Waals surface area contributed by atoms with Gasteiger partial charge in [0, 0.05) is 32.2 Å². The second-order valence-electron chi connectivity index (χ2n) is 5.45. The highest BCUT2D eigenvalue weighted by Gasteiger charge is 2.38. The van der Waals surface area contributed by atoms with E-state index in [1.54, 1.807) is 24.3 Å². The van der Waals surface area contributed by atoms with Crippen LogP contribution in [0.4, 0.5) is 0 Å². The summed E-state index contributed by atoms with van der Waals surface area (Å²) in [7, 11) is 0. The van der Waals surface area contributed by atoms with Crippen LogP contribution in [0.3, 0.4) is 0 Å². The molecule has 1 heterocycles. The molecule has 0 unspecified atom stereocenters. The Hall–Kier alpha value is -2.68. The maximum Gasteiger partial charge on any atom is 0.335 e. The monoisotopic (exact) mass is 313 g/mol. The second kappa shape index (κ2) is 7.54. The van der Waals surface area contributed by atoms with Crippen LogP contribution in [0.5, 0.6) is 0 Å². The molecule has 0 bridgehead atoms. The van der Waals surface area contributed by atoms with Crippen molar-refractivity contribution in [1.82, 2.24) is 5.32 Å². The minimum absolute atomic E-state index is 0.113. The zero-order chi connectivity index (χ0) is 16.7. The summed E-state index contributed by atoms with van der Waals surface area (Å²) < 4.78 is 0. The summed E-state index contributed by atoms with van der Waals surface area (Å²) >= 11 is 0. The van der Waals surface area contributed by atoms with Gasteiger partial charge in [0.25, 0.3) is 0 Å².